The zero-order valence-electron chi connectivity index (χ0n) is 14.4. The maximum Gasteiger partial charge on any atom is 0.288 e. The Morgan fingerprint density at radius 3 is 2.68 bits per heavy atom. The van der Waals surface area contributed by atoms with Gasteiger partial charge in [0.15, 0.2) is 0 Å². The first-order valence-corrected chi connectivity index (χ1v) is 7.99. The fourth-order valence-corrected chi connectivity index (χ4v) is 2.74. The third-order valence-electron chi connectivity index (χ3n) is 3.89. The molecule has 0 saturated heterocycles. The molecule has 0 fully saturated rings. The van der Waals surface area contributed by atoms with Crippen molar-refractivity contribution in [2.24, 2.45) is 0 Å². The molecule has 0 radical (unpaired) electrons. The Morgan fingerprint density at radius 2 is 1.96 bits per heavy atom. The van der Waals surface area contributed by atoms with E-state index in [0.717, 1.165) is 11.4 Å². The van der Waals surface area contributed by atoms with Crippen molar-refractivity contribution in [2.45, 2.75) is 33.7 Å². The highest BCUT2D eigenvalue weighted by molar-refractivity contribution is 5.95. The van der Waals surface area contributed by atoms with Gasteiger partial charge in [-0.2, -0.15) is 5.10 Å². The van der Waals surface area contributed by atoms with Crippen LogP contribution in [0, 0.1) is 20.8 Å². The van der Waals surface area contributed by atoms with E-state index < -0.39 is 5.91 Å². The van der Waals surface area contributed by atoms with E-state index in [1.54, 1.807) is 22.2 Å². The van der Waals surface area contributed by atoms with E-state index in [4.69, 9.17) is 0 Å². The molecule has 0 aromatic carbocycles. The van der Waals surface area contributed by atoms with E-state index in [1.807, 2.05) is 38.1 Å². The highest BCUT2D eigenvalue weighted by atomic mass is 16.2. The van der Waals surface area contributed by atoms with Gasteiger partial charge in [-0.3, -0.25) is 29.5 Å². The molecule has 0 aliphatic rings. The summed E-state index contributed by atoms with van der Waals surface area (Å²) in [6, 6.07) is 7.44. The standard InChI is InChI=1S/C17H20N6O2/c1-11-10-12(2)23(21-11)9-7-15(24)19-20-17(25)16-13(3)18-14-6-4-5-8-22(14)16/h4-6,8,10H,7,9H2,1-3H3,(H,19,24)(H,20,25). The Labute approximate surface area is 144 Å². The predicted octanol–water partition coefficient (Wildman–Crippen LogP) is 1.31. The van der Waals surface area contributed by atoms with Crippen molar-refractivity contribution < 1.29 is 9.59 Å². The van der Waals surface area contributed by atoms with Gasteiger partial charge in [-0.15, -0.1) is 0 Å². The molecule has 0 saturated carbocycles. The summed E-state index contributed by atoms with van der Waals surface area (Å²) < 4.78 is 3.46. The van der Waals surface area contributed by atoms with Gasteiger partial charge in [-0.1, -0.05) is 6.07 Å². The Kier molecular flexibility index (Phi) is 4.51. The minimum Gasteiger partial charge on any atom is -0.295 e. The highest BCUT2D eigenvalue weighted by Gasteiger charge is 2.16. The summed E-state index contributed by atoms with van der Waals surface area (Å²) in [4.78, 5) is 28.7. The second kappa shape index (κ2) is 6.76. The SMILES string of the molecule is Cc1cc(C)n(CCC(=O)NNC(=O)c2c(C)nc3ccccn23)n1. The van der Waals surface area contributed by atoms with Crippen molar-refractivity contribution in [1.82, 2.24) is 30.0 Å². The van der Waals surface area contributed by atoms with Crippen LogP contribution in [0.15, 0.2) is 30.5 Å². The number of aromatic nitrogens is 4. The van der Waals surface area contributed by atoms with Gasteiger partial charge < -0.3 is 0 Å². The molecule has 0 unspecified atom stereocenters. The molecule has 0 atom stereocenters. The van der Waals surface area contributed by atoms with Gasteiger partial charge in [0, 0.05) is 18.3 Å². The van der Waals surface area contributed by atoms with Gasteiger partial charge in [0.25, 0.3) is 5.91 Å². The van der Waals surface area contributed by atoms with E-state index in [1.165, 1.54) is 0 Å². The van der Waals surface area contributed by atoms with Gasteiger partial charge in [0.2, 0.25) is 5.91 Å². The second-order valence-electron chi connectivity index (χ2n) is 5.88. The summed E-state index contributed by atoms with van der Waals surface area (Å²) in [5.74, 6) is -0.692. The topological polar surface area (TPSA) is 93.3 Å². The van der Waals surface area contributed by atoms with Crippen LogP contribution in [-0.2, 0) is 11.3 Å². The number of hydrogen-bond donors (Lipinski definition) is 2. The number of carbonyl (C=O) groups is 2. The second-order valence-corrected chi connectivity index (χ2v) is 5.88. The van der Waals surface area contributed by atoms with Crippen LogP contribution < -0.4 is 10.9 Å². The molecule has 3 rings (SSSR count). The summed E-state index contributed by atoms with van der Waals surface area (Å²) in [6.45, 7) is 6.05. The summed E-state index contributed by atoms with van der Waals surface area (Å²) in [5, 5.41) is 4.30. The molecule has 8 nitrogen and oxygen atoms in total. The molecule has 0 aliphatic carbocycles. The van der Waals surface area contributed by atoms with Crippen LogP contribution in [0.25, 0.3) is 5.65 Å². The van der Waals surface area contributed by atoms with E-state index in [0.29, 0.717) is 23.6 Å². The zero-order valence-corrected chi connectivity index (χ0v) is 14.4. The van der Waals surface area contributed by atoms with E-state index in [9.17, 15) is 9.59 Å². The fourth-order valence-electron chi connectivity index (χ4n) is 2.74. The van der Waals surface area contributed by atoms with Gasteiger partial charge in [-0.25, -0.2) is 4.98 Å². The zero-order chi connectivity index (χ0) is 18.0. The maximum absolute atomic E-state index is 12.4. The third-order valence-corrected chi connectivity index (χ3v) is 3.89. The Morgan fingerprint density at radius 1 is 1.16 bits per heavy atom. The monoisotopic (exact) mass is 340 g/mol. The molecule has 3 aromatic heterocycles. The number of nitrogens with zero attached hydrogens (tertiary/aromatic N) is 4. The van der Waals surface area contributed by atoms with Crippen molar-refractivity contribution in [2.75, 3.05) is 0 Å². The van der Waals surface area contributed by atoms with Crippen LogP contribution in [0.1, 0.15) is 34.0 Å². The van der Waals surface area contributed by atoms with Gasteiger partial charge >= 0.3 is 0 Å². The van der Waals surface area contributed by atoms with Crippen molar-refractivity contribution in [3.8, 4) is 0 Å². The van der Waals surface area contributed by atoms with Crippen LogP contribution in [0.3, 0.4) is 0 Å². The summed E-state index contributed by atoms with van der Waals surface area (Å²) >= 11 is 0. The number of hydrazine groups is 1. The number of hydrogen-bond acceptors (Lipinski definition) is 4. The molecule has 2 amide bonds. The molecule has 2 N–H and O–H groups in total. The van der Waals surface area contributed by atoms with Crippen molar-refractivity contribution >= 4 is 17.5 Å². The molecule has 0 bridgehead atoms. The fraction of sp³-hybridized carbons (Fsp3) is 0.294. The summed E-state index contributed by atoms with van der Waals surface area (Å²) in [5.41, 5.74) is 8.47. The molecule has 8 heteroatoms. The van der Waals surface area contributed by atoms with E-state index >= 15 is 0 Å². The normalized spacial score (nSPS) is 10.8. The molecule has 0 aliphatic heterocycles. The van der Waals surface area contributed by atoms with Crippen molar-refractivity contribution in [3.63, 3.8) is 0 Å². The van der Waals surface area contributed by atoms with Crippen LogP contribution in [0.4, 0.5) is 0 Å². The van der Waals surface area contributed by atoms with Crippen LogP contribution >= 0.6 is 0 Å². The van der Waals surface area contributed by atoms with Crippen molar-refractivity contribution in [1.29, 1.82) is 0 Å². The number of amides is 2. The lowest BCUT2D eigenvalue weighted by Gasteiger charge is -2.08. The van der Waals surface area contributed by atoms with Crippen molar-refractivity contribution in [3.05, 3.63) is 53.2 Å². The lowest BCUT2D eigenvalue weighted by atomic mass is 10.3. The minimum atomic E-state index is -0.407. The molecular formula is C17H20N6O2. The number of nitrogens with one attached hydrogen (secondary N) is 2. The third kappa shape index (κ3) is 3.52. The summed E-state index contributed by atoms with van der Waals surface area (Å²) in [7, 11) is 0. The molecule has 25 heavy (non-hydrogen) atoms. The molecule has 0 spiro atoms. The van der Waals surface area contributed by atoms with Gasteiger partial charge in [0.05, 0.1) is 17.9 Å². The number of aryl methyl sites for hydroxylation is 4. The predicted molar refractivity (Wildman–Crippen MR) is 91.9 cm³/mol. The van der Waals surface area contributed by atoms with E-state index in [-0.39, 0.29) is 12.3 Å². The molecule has 3 heterocycles. The number of rotatable bonds is 4. The quantitative estimate of drug-likeness (QED) is 0.700. The first-order valence-electron chi connectivity index (χ1n) is 7.99. The van der Waals surface area contributed by atoms with Crippen LogP contribution in [-0.4, -0.2) is 31.0 Å². The smallest absolute Gasteiger partial charge is 0.288 e. The van der Waals surface area contributed by atoms with E-state index in [2.05, 4.69) is 20.9 Å². The minimum absolute atomic E-state index is 0.217. The number of imidazole rings is 1. The Bertz CT molecular complexity index is 940. The molecule has 130 valence electrons. The number of pyridine rings is 1. The average molecular weight is 340 g/mol. The highest BCUT2D eigenvalue weighted by Crippen LogP contribution is 2.11. The van der Waals surface area contributed by atoms with Gasteiger partial charge in [0.1, 0.15) is 11.3 Å². The first kappa shape index (κ1) is 16.7. The molecule has 3 aromatic rings. The maximum atomic E-state index is 12.4. The first-order chi connectivity index (χ1) is 12.0. The lowest BCUT2D eigenvalue weighted by Crippen LogP contribution is -2.42. The van der Waals surface area contributed by atoms with Crippen LogP contribution in [0.5, 0.6) is 0 Å². The summed E-state index contributed by atoms with van der Waals surface area (Å²) in [6.07, 6.45) is 1.98. The Balaban J connectivity index is 1.59. The molecular weight excluding hydrogens is 320 g/mol. The number of carbonyl (C=O) groups excluding carboxylic acids is 2. The van der Waals surface area contributed by atoms with Crippen LogP contribution in [0.2, 0.25) is 0 Å². The van der Waals surface area contributed by atoms with Gasteiger partial charge in [-0.05, 0) is 39.0 Å². The largest absolute Gasteiger partial charge is 0.295 e. The number of fused-ring (bicyclic) bond motifs is 1. The Hall–Kier alpha value is -3.16. The lowest BCUT2D eigenvalue weighted by molar-refractivity contribution is -0.122. The average Bonchev–Trinajstić information content (AvgIpc) is 3.08.